The van der Waals surface area contributed by atoms with Gasteiger partial charge < -0.3 is 19.7 Å². The molecule has 2 amide bonds. The first kappa shape index (κ1) is 21.6. The number of rotatable bonds is 4. The molecule has 4 heterocycles. The van der Waals surface area contributed by atoms with E-state index in [2.05, 4.69) is 24.2 Å². The molecule has 162 valence electrons. The lowest BCUT2D eigenvalue weighted by Gasteiger charge is -2.29. The van der Waals surface area contributed by atoms with Crippen LogP contribution in [0.1, 0.15) is 33.1 Å². The number of carbonyl (C=O) groups excluding carboxylic acids is 2. The van der Waals surface area contributed by atoms with Crippen molar-refractivity contribution >= 4 is 46.3 Å². The van der Waals surface area contributed by atoms with E-state index in [9.17, 15) is 9.59 Å². The second-order valence-electron chi connectivity index (χ2n) is 7.59. The lowest BCUT2D eigenvalue weighted by molar-refractivity contribution is 0.0711. The number of carbonyl (C=O) groups is 2. The highest BCUT2D eigenvalue weighted by Crippen LogP contribution is 2.36. The summed E-state index contributed by atoms with van der Waals surface area (Å²) in [6.07, 6.45) is 0.0787. The maximum Gasteiger partial charge on any atom is 0.413 e. The van der Waals surface area contributed by atoms with E-state index in [-0.39, 0.29) is 18.1 Å². The molecule has 0 aliphatic carbocycles. The van der Waals surface area contributed by atoms with Crippen LogP contribution in [0, 0.1) is 0 Å². The molecule has 30 heavy (non-hydrogen) atoms. The molecule has 1 N–H and O–H groups in total. The molecule has 1 saturated heterocycles. The Morgan fingerprint density at radius 1 is 1.27 bits per heavy atom. The van der Waals surface area contributed by atoms with Crippen molar-refractivity contribution in [2.24, 2.45) is 0 Å². The molecule has 0 aromatic carbocycles. The zero-order valence-corrected chi connectivity index (χ0v) is 19.4. The standard InChI is InChI=1S/C20H24ClN3O4S2/c1-11-18-12(6-7-23(11)2)8-15(29-18)19(25)24-9-13(14(10-24)27-3)22-20(26)28-17-5-4-16(21)30-17/h4-5,8,11,13-14H,6-7,9-10H2,1-3H3,(H,22,26). The Hall–Kier alpha value is -1.65. The summed E-state index contributed by atoms with van der Waals surface area (Å²) in [5.74, 6) is -0.0194. The topological polar surface area (TPSA) is 71.1 Å². The Balaban J connectivity index is 1.41. The maximum atomic E-state index is 13.1. The molecule has 1 fully saturated rings. The molecule has 3 unspecified atom stereocenters. The van der Waals surface area contributed by atoms with Crippen LogP contribution < -0.4 is 10.1 Å². The summed E-state index contributed by atoms with van der Waals surface area (Å²) in [6, 6.07) is 5.31. The number of nitrogens with one attached hydrogen (secondary N) is 1. The second-order valence-corrected chi connectivity index (χ2v) is 10.4. The van der Waals surface area contributed by atoms with Gasteiger partial charge in [0.05, 0.1) is 21.4 Å². The van der Waals surface area contributed by atoms with Crippen LogP contribution in [0.2, 0.25) is 4.34 Å². The number of likely N-dealkylation sites (N-methyl/N-ethyl adjacent to an activating group) is 1. The number of halogens is 1. The first-order chi connectivity index (χ1) is 14.4. The van der Waals surface area contributed by atoms with E-state index < -0.39 is 6.09 Å². The number of hydrogen-bond donors (Lipinski definition) is 1. The largest absolute Gasteiger partial charge is 0.413 e. The van der Waals surface area contributed by atoms with Gasteiger partial charge >= 0.3 is 6.09 Å². The first-order valence-corrected chi connectivity index (χ1v) is 11.8. The lowest BCUT2D eigenvalue weighted by Crippen LogP contribution is -2.44. The molecule has 2 aromatic heterocycles. The van der Waals surface area contributed by atoms with Crippen molar-refractivity contribution in [3.8, 4) is 5.06 Å². The van der Waals surface area contributed by atoms with Crippen LogP contribution >= 0.6 is 34.3 Å². The third kappa shape index (κ3) is 4.36. The van der Waals surface area contributed by atoms with Crippen LogP contribution in [0.5, 0.6) is 5.06 Å². The van der Waals surface area contributed by atoms with Gasteiger partial charge in [0.1, 0.15) is 0 Å². The Kier molecular flexibility index (Phi) is 6.36. The summed E-state index contributed by atoms with van der Waals surface area (Å²) >= 11 is 8.62. The molecule has 3 atom stereocenters. The maximum absolute atomic E-state index is 13.1. The van der Waals surface area contributed by atoms with Crippen molar-refractivity contribution in [3.05, 3.63) is 37.9 Å². The van der Waals surface area contributed by atoms with Crippen molar-refractivity contribution in [1.29, 1.82) is 0 Å². The van der Waals surface area contributed by atoms with Gasteiger partial charge in [-0.25, -0.2) is 4.79 Å². The molecular formula is C20H24ClN3O4S2. The normalized spacial score (nSPS) is 24.0. The summed E-state index contributed by atoms with van der Waals surface area (Å²) in [7, 11) is 3.69. The predicted octanol–water partition coefficient (Wildman–Crippen LogP) is 3.64. The van der Waals surface area contributed by atoms with Gasteiger partial charge in [-0.3, -0.25) is 9.69 Å². The van der Waals surface area contributed by atoms with E-state index in [0.717, 1.165) is 17.8 Å². The number of hydrogen-bond acceptors (Lipinski definition) is 7. The molecule has 2 aromatic rings. The fraction of sp³-hybridized carbons (Fsp3) is 0.500. The van der Waals surface area contributed by atoms with Gasteiger partial charge in [-0.15, -0.1) is 11.3 Å². The van der Waals surface area contributed by atoms with Gasteiger partial charge in [0.25, 0.3) is 5.91 Å². The molecule has 7 nitrogen and oxygen atoms in total. The summed E-state index contributed by atoms with van der Waals surface area (Å²) in [4.78, 5) is 31.5. The number of fused-ring (bicyclic) bond motifs is 1. The number of likely N-dealkylation sites (tertiary alicyclic amines) is 1. The fourth-order valence-corrected chi connectivity index (χ4v) is 6.06. The van der Waals surface area contributed by atoms with Crippen molar-refractivity contribution < 1.29 is 19.1 Å². The fourth-order valence-electron chi connectivity index (χ4n) is 3.89. The quantitative estimate of drug-likeness (QED) is 0.740. The zero-order chi connectivity index (χ0) is 21.4. The van der Waals surface area contributed by atoms with Crippen LogP contribution in [-0.4, -0.2) is 67.7 Å². The Labute approximate surface area is 188 Å². The third-order valence-corrected chi connectivity index (χ3v) is 8.17. The van der Waals surface area contributed by atoms with E-state index in [0.29, 0.717) is 28.5 Å². The third-order valence-electron chi connectivity index (χ3n) is 5.73. The average Bonchev–Trinajstić information content (AvgIpc) is 3.42. The predicted molar refractivity (Wildman–Crippen MR) is 118 cm³/mol. The van der Waals surface area contributed by atoms with E-state index >= 15 is 0 Å². The van der Waals surface area contributed by atoms with Crippen LogP contribution in [0.3, 0.4) is 0 Å². The molecule has 0 spiro atoms. The van der Waals surface area contributed by atoms with Gasteiger partial charge in [0.2, 0.25) is 0 Å². The summed E-state index contributed by atoms with van der Waals surface area (Å²) < 4.78 is 11.3. The second kappa shape index (κ2) is 8.84. The van der Waals surface area contributed by atoms with Gasteiger partial charge in [-0.2, -0.15) is 0 Å². The van der Waals surface area contributed by atoms with Crippen LogP contribution in [0.25, 0.3) is 0 Å². The van der Waals surface area contributed by atoms with Gasteiger partial charge in [-0.05, 0) is 44.2 Å². The van der Waals surface area contributed by atoms with E-state index in [1.54, 1.807) is 35.5 Å². The lowest BCUT2D eigenvalue weighted by atomic mass is 10.0. The molecule has 2 aliphatic rings. The SMILES string of the molecule is COC1CN(C(=O)c2cc3c(s2)C(C)N(C)CC3)CC1NC(=O)Oc1ccc(Cl)s1. The van der Waals surface area contributed by atoms with Crippen molar-refractivity contribution in [3.63, 3.8) is 0 Å². The molecule has 4 rings (SSSR count). The van der Waals surface area contributed by atoms with Crippen LogP contribution in [0.15, 0.2) is 18.2 Å². The molecule has 2 aliphatic heterocycles. The zero-order valence-electron chi connectivity index (χ0n) is 17.0. The summed E-state index contributed by atoms with van der Waals surface area (Å²) in [6.45, 7) is 3.96. The highest BCUT2D eigenvalue weighted by molar-refractivity contribution is 7.17. The molecular weight excluding hydrogens is 446 g/mol. The van der Waals surface area contributed by atoms with Crippen molar-refractivity contribution in [2.45, 2.75) is 31.5 Å². The van der Waals surface area contributed by atoms with Gasteiger partial charge in [-0.1, -0.05) is 22.9 Å². The van der Waals surface area contributed by atoms with Crippen molar-refractivity contribution in [1.82, 2.24) is 15.1 Å². The minimum atomic E-state index is -0.585. The number of nitrogens with zero attached hydrogens (tertiary/aromatic N) is 2. The minimum absolute atomic E-state index is 0.0194. The van der Waals surface area contributed by atoms with Crippen LogP contribution in [-0.2, 0) is 11.2 Å². The van der Waals surface area contributed by atoms with Crippen molar-refractivity contribution in [2.75, 3.05) is 33.8 Å². The van der Waals surface area contributed by atoms with Gasteiger partial charge in [0, 0.05) is 37.7 Å². The number of thiophene rings is 2. The molecule has 0 radical (unpaired) electrons. The average molecular weight is 470 g/mol. The van der Waals surface area contributed by atoms with E-state index in [1.165, 1.54) is 21.8 Å². The summed E-state index contributed by atoms with van der Waals surface area (Å²) in [5.41, 5.74) is 1.27. The number of amides is 2. The number of ether oxygens (including phenoxy) is 2. The Morgan fingerprint density at radius 2 is 2.07 bits per heavy atom. The van der Waals surface area contributed by atoms with Gasteiger partial charge in [0.15, 0.2) is 5.06 Å². The molecule has 10 heteroatoms. The highest BCUT2D eigenvalue weighted by atomic mass is 35.5. The monoisotopic (exact) mass is 469 g/mol. The highest BCUT2D eigenvalue weighted by Gasteiger charge is 2.38. The first-order valence-electron chi connectivity index (χ1n) is 9.74. The number of methoxy groups -OCH3 is 1. The summed E-state index contributed by atoms with van der Waals surface area (Å²) in [5, 5.41) is 3.23. The molecule has 0 saturated carbocycles. The Morgan fingerprint density at radius 3 is 2.77 bits per heavy atom. The van der Waals surface area contributed by atoms with Crippen LogP contribution in [0.4, 0.5) is 4.79 Å². The van der Waals surface area contributed by atoms with E-state index in [1.807, 2.05) is 6.07 Å². The smallest absolute Gasteiger partial charge is 0.399 e. The van der Waals surface area contributed by atoms with E-state index in [4.69, 9.17) is 21.1 Å². The molecule has 0 bridgehead atoms. The Bertz CT molecular complexity index is 946. The minimum Gasteiger partial charge on any atom is -0.399 e.